The van der Waals surface area contributed by atoms with E-state index in [-0.39, 0.29) is 10.0 Å². The van der Waals surface area contributed by atoms with Crippen LogP contribution in [0.3, 0.4) is 0 Å². The molecule has 2 nitrogen and oxygen atoms in total. The third kappa shape index (κ3) is 2.49. The smallest absolute Gasteiger partial charge is 0.126 e. The summed E-state index contributed by atoms with van der Waals surface area (Å²) in [6, 6.07) is 6.01. The number of nitrogens with one attached hydrogen (secondary N) is 1. The summed E-state index contributed by atoms with van der Waals surface area (Å²) in [6.45, 7) is 0.443. The molecule has 2 rings (SSSR count). The minimum Gasteiger partial charge on any atom is -0.467 e. The minimum absolute atomic E-state index is 0.247. The number of benzene rings is 1. The van der Waals surface area contributed by atoms with Crippen molar-refractivity contribution in [1.29, 1.82) is 0 Å². The molecule has 1 aromatic carbocycles. The van der Waals surface area contributed by atoms with E-state index < -0.39 is 5.82 Å². The van der Waals surface area contributed by atoms with E-state index in [1.807, 2.05) is 6.07 Å². The SMILES string of the molecule is Fc1cc(Cl)c(NCc2ccco2)c(Cl)c1. The van der Waals surface area contributed by atoms with Crippen LogP contribution in [0.5, 0.6) is 0 Å². The summed E-state index contributed by atoms with van der Waals surface area (Å²) < 4.78 is 18.0. The zero-order chi connectivity index (χ0) is 11.5. The molecule has 0 atom stereocenters. The molecule has 0 radical (unpaired) electrons. The average Bonchev–Trinajstić information content (AvgIpc) is 2.68. The van der Waals surface area contributed by atoms with Gasteiger partial charge >= 0.3 is 0 Å². The number of hydrogen-bond acceptors (Lipinski definition) is 2. The predicted molar refractivity (Wildman–Crippen MR) is 62.5 cm³/mol. The molecule has 0 fully saturated rings. The number of furan rings is 1. The Kier molecular flexibility index (Phi) is 3.36. The molecule has 0 unspecified atom stereocenters. The normalized spacial score (nSPS) is 10.4. The first kappa shape index (κ1) is 11.3. The van der Waals surface area contributed by atoms with Crippen molar-refractivity contribution < 1.29 is 8.81 Å². The van der Waals surface area contributed by atoms with Crippen LogP contribution in [0.25, 0.3) is 0 Å². The monoisotopic (exact) mass is 259 g/mol. The Hall–Kier alpha value is -1.19. The highest BCUT2D eigenvalue weighted by molar-refractivity contribution is 6.39. The molecule has 0 aliphatic heterocycles. The predicted octanol–water partition coefficient (Wildman–Crippen LogP) is 4.34. The van der Waals surface area contributed by atoms with Crippen LogP contribution in [0.4, 0.5) is 10.1 Å². The van der Waals surface area contributed by atoms with Crippen molar-refractivity contribution in [1.82, 2.24) is 0 Å². The molecule has 0 aliphatic carbocycles. The lowest BCUT2D eigenvalue weighted by atomic mass is 10.3. The Morgan fingerprint density at radius 3 is 2.50 bits per heavy atom. The maximum atomic E-state index is 12.9. The molecule has 2 aromatic rings. The second-order valence-corrected chi connectivity index (χ2v) is 3.99. The highest BCUT2D eigenvalue weighted by Gasteiger charge is 2.08. The first-order chi connectivity index (χ1) is 7.66. The third-order valence-electron chi connectivity index (χ3n) is 2.03. The first-order valence-electron chi connectivity index (χ1n) is 4.57. The lowest BCUT2D eigenvalue weighted by Crippen LogP contribution is -1.99. The summed E-state index contributed by atoms with van der Waals surface area (Å²) in [7, 11) is 0. The summed E-state index contributed by atoms with van der Waals surface area (Å²) in [4.78, 5) is 0. The van der Waals surface area contributed by atoms with Crippen molar-refractivity contribution in [3.63, 3.8) is 0 Å². The quantitative estimate of drug-likeness (QED) is 0.888. The molecule has 1 heterocycles. The second kappa shape index (κ2) is 4.76. The van der Waals surface area contributed by atoms with Gasteiger partial charge in [-0.05, 0) is 24.3 Å². The van der Waals surface area contributed by atoms with Gasteiger partial charge in [0.2, 0.25) is 0 Å². The Balaban J connectivity index is 2.15. The van der Waals surface area contributed by atoms with Gasteiger partial charge in [0.15, 0.2) is 0 Å². The van der Waals surface area contributed by atoms with Crippen LogP contribution >= 0.6 is 23.2 Å². The zero-order valence-electron chi connectivity index (χ0n) is 8.14. The largest absolute Gasteiger partial charge is 0.467 e. The minimum atomic E-state index is -0.460. The van der Waals surface area contributed by atoms with E-state index in [0.29, 0.717) is 12.2 Å². The van der Waals surface area contributed by atoms with Crippen LogP contribution in [-0.4, -0.2) is 0 Å². The maximum absolute atomic E-state index is 12.9. The van der Waals surface area contributed by atoms with Crippen LogP contribution in [-0.2, 0) is 6.54 Å². The van der Waals surface area contributed by atoms with Crippen LogP contribution in [0, 0.1) is 5.82 Å². The molecule has 5 heteroatoms. The summed E-state index contributed by atoms with van der Waals surface area (Å²) in [5.74, 6) is 0.287. The van der Waals surface area contributed by atoms with E-state index in [2.05, 4.69) is 5.32 Å². The van der Waals surface area contributed by atoms with Crippen molar-refractivity contribution in [2.45, 2.75) is 6.54 Å². The molecule has 0 amide bonds. The highest BCUT2D eigenvalue weighted by Crippen LogP contribution is 2.31. The van der Waals surface area contributed by atoms with Gasteiger partial charge in [-0.2, -0.15) is 0 Å². The molecule has 0 saturated heterocycles. The Morgan fingerprint density at radius 1 is 1.25 bits per heavy atom. The topological polar surface area (TPSA) is 25.2 Å². The maximum Gasteiger partial charge on any atom is 0.126 e. The van der Waals surface area contributed by atoms with Gasteiger partial charge in [-0.1, -0.05) is 23.2 Å². The summed E-state index contributed by atoms with van der Waals surface area (Å²) in [6.07, 6.45) is 1.57. The van der Waals surface area contributed by atoms with Gasteiger partial charge in [0.1, 0.15) is 11.6 Å². The Bertz CT molecular complexity index is 462. The van der Waals surface area contributed by atoms with Gasteiger partial charge in [-0.3, -0.25) is 0 Å². The number of halogens is 3. The van der Waals surface area contributed by atoms with E-state index in [1.54, 1.807) is 12.3 Å². The molecular formula is C11H8Cl2FNO. The molecule has 1 N–H and O–H groups in total. The molecule has 0 bridgehead atoms. The molecule has 0 aliphatic rings. The Labute approximate surface area is 102 Å². The van der Waals surface area contributed by atoms with Gasteiger partial charge in [0, 0.05) is 0 Å². The van der Waals surface area contributed by atoms with Crippen molar-refractivity contribution in [3.8, 4) is 0 Å². The second-order valence-electron chi connectivity index (χ2n) is 3.18. The summed E-state index contributed by atoms with van der Waals surface area (Å²) in [5, 5.41) is 3.48. The lowest BCUT2D eigenvalue weighted by Gasteiger charge is -2.09. The highest BCUT2D eigenvalue weighted by atomic mass is 35.5. The Morgan fingerprint density at radius 2 is 1.94 bits per heavy atom. The van der Waals surface area contributed by atoms with Gasteiger partial charge < -0.3 is 9.73 Å². The van der Waals surface area contributed by atoms with E-state index in [0.717, 1.165) is 5.76 Å². The fraction of sp³-hybridized carbons (Fsp3) is 0.0909. The fourth-order valence-corrected chi connectivity index (χ4v) is 1.89. The van der Waals surface area contributed by atoms with Crippen molar-refractivity contribution in [2.24, 2.45) is 0 Å². The van der Waals surface area contributed by atoms with Gasteiger partial charge in [-0.25, -0.2) is 4.39 Å². The molecule has 84 valence electrons. The third-order valence-corrected chi connectivity index (χ3v) is 2.62. The van der Waals surface area contributed by atoms with Crippen molar-refractivity contribution in [2.75, 3.05) is 5.32 Å². The zero-order valence-corrected chi connectivity index (χ0v) is 9.65. The number of rotatable bonds is 3. The van der Waals surface area contributed by atoms with Gasteiger partial charge in [-0.15, -0.1) is 0 Å². The van der Waals surface area contributed by atoms with Crippen molar-refractivity contribution >= 4 is 28.9 Å². The van der Waals surface area contributed by atoms with E-state index in [4.69, 9.17) is 27.6 Å². The number of anilines is 1. The van der Waals surface area contributed by atoms with Crippen LogP contribution in [0.15, 0.2) is 34.9 Å². The number of hydrogen-bond donors (Lipinski definition) is 1. The van der Waals surface area contributed by atoms with Crippen LogP contribution in [0.2, 0.25) is 10.0 Å². The first-order valence-corrected chi connectivity index (χ1v) is 5.33. The van der Waals surface area contributed by atoms with Crippen molar-refractivity contribution in [3.05, 3.63) is 52.2 Å². The average molecular weight is 260 g/mol. The molecule has 16 heavy (non-hydrogen) atoms. The van der Waals surface area contributed by atoms with E-state index >= 15 is 0 Å². The lowest BCUT2D eigenvalue weighted by molar-refractivity contribution is 0.518. The van der Waals surface area contributed by atoms with E-state index in [9.17, 15) is 4.39 Å². The fourth-order valence-electron chi connectivity index (χ4n) is 1.30. The summed E-state index contributed by atoms with van der Waals surface area (Å²) >= 11 is 11.7. The molecule has 1 aromatic heterocycles. The van der Waals surface area contributed by atoms with Gasteiger partial charge in [0.25, 0.3) is 0 Å². The van der Waals surface area contributed by atoms with Crippen LogP contribution in [0.1, 0.15) is 5.76 Å². The van der Waals surface area contributed by atoms with Gasteiger partial charge in [0.05, 0.1) is 28.5 Å². The standard InChI is InChI=1S/C11H8Cl2FNO/c12-9-4-7(14)5-10(13)11(9)15-6-8-2-1-3-16-8/h1-5,15H,6H2. The van der Waals surface area contributed by atoms with E-state index in [1.165, 1.54) is 12.1 Å². The molecular weight excluding hydrogens is 252 g/mol. The molecule has 0 saturated carbocycles. The molecule has 0 spiro atoms. The summed E-state index contributed by atoms with van der Waals surface area (Å²) in [5.41, 5.74) is 0.501. The van der Waals surface area contributed by atoms with Crippen LogP contribution < -0.4 is 5.32 Å².